The van der Waals surface area contributed by atoms with E-state index in [4.69, 9.17) is 32.7 Å². The van der Waals surface area contributed by atoms with Crippen molar-refractivity contribution < 1.29 is 14.3 Å². The van der Waals surface area contributed by atoms with Gasteiger partial charge in [0.05, 0.1) is 5.02 Å². The maximum absolute atomic E-state index is 12.9. The molecule has 0 aromatic heterocycles. The van der Waals surface area contributed by atoms with E-state index in [-0.39, 0.29) is 5.91 Å². The number of hydrogen-bond donors (Lipinski definition) is 0. The molecule has 2 heterocycles. The number of carbonyl (C=O) groups excluding carboxylic acids is 1. The lowest BCUT2D eigenvalue weighted by atomic mass is 10.1. The zero-order chi connectivity index (χ0) is 18.1. The summed E-state index contributed by atoms with van der Waals surface area (Å²) in [4.78, 5) is 16.9. The van der Waals surface area contributed by atoms with Crippen molar-refractivity contribution in [2.24, 2.45) is 0 Å². The summed E-state index contributed by atoms with van der Waals surface area (Å²) in [5.74, 6) is 1.000. The molecule has 5 nitrogen and oxygen atoms in total. The molecule has 0 N–H and O–H groups in total. The van der Waals surface area contributed by atoms with E-state index in [1.54, 1.807) is 12.1 Å². The quantitative estimate of drug-likeness (QED) is 0.780. The summed E-state index contributed by atoms with van der Waals surface area (Å²) in [5, 5.41) is 1.12. The molecule has 2 aromatic carbocycles. The number of nitrogens with zero attached hydrogens (tertiary/aromatic N) is 2. The zero-order valence-electron chi connectivity index (χ0n) is 14.1. The SMILES string of the molecule is O=C(c1cc(Cl)c2c(c1)OCCO2)N1CCN(c2cccc(Cl)c2)CC1. The fourth-order valence-corrected chi connectivity index (χ4v) is 3.71. The van der Waals surface area contributed by atoms with E-state index in [0.29, 0.717) is 53.4 Å². The largest absolute Gasteiger partial charge is 0.486 e. The van der Waals surface area contributed by atoms with Crippen LogP contribution in [0.25, 0.3) is 0 Å². The summed E-state index contributed by atoms with van der Waals surface area (Å²) >= 11 is 12.3. The van der Waals surface area contributed by atoms with Crippen molar-refractivity contribution in [3.05, 3.63) is 52.0 Å². The predicted molar refractivity (Wildman–Crippen MR) is 102 cm³/mol. The third kappa shape index (κ3) is 3.41. The van der Waals surface area contributed by atoms with Crippen LogP contribution in [0.3, 0.4) is 0 Å². The first-order valence-corrected chi connectivity index (χ1v) is 9.26. The highest BCUT2D eigenvalue weighted by atomic mass is 35.5. The Hall–Kier alpha value is -2.11. The van der Waals surface area contributed by atoms with E-state index in [2.05, 4.69) is 4.90 Å². The molecular formula is C19H18Cl2N2O3. The molecule has 0 radical (unpaired) electrons. The summed E-state index contributed by atoms with van der Waals surface area (Å²) in [5.41, 5.74) is 1.60. The number of rotatable bonds is 2. The van der Waals surface area contributed by atoms with Gasteiger partial charge < -0.3 is 19.3 Å². The fraction of sp³-hybridized carbons (Fsp3) is 0.316. The highest BCUT2D eigenvalue weighted by molar-refractivity contribution is 6.32. The fourth-order valence-electron chi connectivity index (χ4n) is 3.26. The molecule has 2 aliphatic rings. The Labute approximate surface area is 162 Å². The molecule has 7 heteroatoms. The van der Waals surface area contributed by atoms with E-state index < -0.39 is 0 Å². The molecule has 2 aliphatic heterocycles. The van der Waals surface area contributed by atoms with Crippen molar-refractivity contribution in [3.8, 4) is 11.5 Å². The maximum atomic E-state index is 12.9. The van der Waals surface area contributed by atoms with Gasteiger partial charge in [-0.15, -0.1) is 0 Å². The zero-order valence-corrected chi connectivity index (χ0v) is 15.6. The second kappa shape index (κ2) is 7.25. The van der Waals surface area contributed by atoms with Gasteiger partial charge in [-0.25, -0.2) is 0 Å². The lowest BCUT2D eigenvalue weighted by Crippen LogP contribution is -2.48. The van der Waals surface area contributed by atoms with Gasteiger partial charge in [0, 0.05) is 42.5 Å². The average molecular weight is 393 g/mol. The second-order valence-corrected chi connectivity index (χ2v) is 7.09. The molecule has 1 fully saturated rings. The molecule has 1 amide bonds. The average Bonchev–Trinajstić information content (AvgIpc) is 2.67. The summed E-state index contributed by atoms with van der Waals surface area (Å²) in [6.45, 7) is 3.70. The smallest absolute Gasteiger partial charge is 0.254 e. The molecule has 2 aromatic rings. The van der Waals surface area contributed by atoms with Crippen LogP contribution in [-0.4, -0.2) is 50.2 Å². The number of anilines is 1. The van der Waals surface area contributed by atoms with Crippen LogP contribution in [-0.2, 0) is 0 Å². The number of ether oxygens (including phenoxy) is 2. The Kier molecular flexibility index (Phi) is 4.83. The first kappa shape index (κ1) is 17.3. The van der Waals surface area contributed by atoms with Crippen molar-refractivity contribution >= 4 is 34.8 Å². The van der Waals surface area contributed by atoms with Crippen LogP contribution in [0.2, 0.25) is 10.0 Å². The van der Waals surface area contributed by atoms with Crippen molar-refractivity contribution in [1.82, 2.24) is 4.90 Å². The van der Waals surface area contributed by atoms with Crippen LogP contribution in [0, 0.1) is 0 Å². The van der Waals surface area contributed by atoms with Gasteiger partial charge in [-0.2, -0.15) is 0 Å². The van der Waals surface area contributed by atoms with Gasteiger partial charge in [-0.3, -0.25) is 4.79 Å². The minimum Gasteiger partial charge on any atom is -0.486 e. The molecule has 0 aliphatic carbocycles. The summed E-state index contributed by atoms with van der Waals surface area (Å²) in [7, 11) is 0. The predicted octanol–water partition coefficient (Wildman–Crippen LogP) is 3.73. The van der Waals surface area contributed by atoms with Gasteiger partial charge in [0.15, 0.2) is 11.5 Å². The van der Waals surface area contributed by atoms with Crippen molar-refractivity contribution in [2.75, 3.05) is 44.3 Å². The third-order valence-electron chi connectivity index (χ3n) is 4.58. The van der Waals surface area contributed by atoms with Crippen molar-refractivity contribution in [3.63, 3.8) is 0 Å². The van der Waals surface area contributed by atoms with Crippen molar-refractivity contribution in [2.45, 2.75) is 0 Å². The summed E-state index contributed by atoms with van der Waals surface area (Å²) in [6, 6.07) is 11.1. The Morgan fingerprint density at radius 3 is 2.50 bits per heavy atom. The number of benzene rings is 2. The van der Waals surface area contributed by atoms with Crippen LogP contribution in [0.4, 0.5) is 5.69 Å². The van der Waals surface area contributed by atoms with E-state index in [0.717, 1.165) is 18.8 Å². The summed E-state index contributed by atoms with van der Waals surface area (Å²) < 4.78 is 11.1. The molecule has 0 unspecified atom stereocenters. The normalized spacial score (nSPS) is 16.5. The second-order valence-electron chi connectivity index (χ2n) is 6.24. The molecule has 0 atom stereocenters. The number of hydrogen-bond acceptors (Lipinski definition) is 4. The van der Waals surface area contributed by atoms with Gasteiger partial charge in [-0.1, -0.05) is 29.3 Å². The molecule has 0 spiro atoms. The van der Waals surface area contributed by atoms with E-state index in [9.17, 15) is 4.79 Å². The monoisotopic (exact) mass is 392 g/mol. The third-order valence-corrected chi connectivity index (χ3v) is 5.10. The first-order valence-electron chi connectivity index (χ1n) is 8.51. The molecule has 0 saturated carbocycles. The van der Waals surface area contributed by atoms with Gasteiger partial charge >= 0.3 is 0 Å². The lowest BCUT2D eigenvalue weighted by molar-refractivity contribution is 0.0745. The summed E-state index contributed by atoms with van der Waals surface area (Å²) in [6.07, 6.45) is 0. The minimum atomic E-state index is -0.0467. The number of amides is 1. The van der Waals surface area contributed by atoms with Crippen LogP contribution in [0.15, 0.2) is 36.4 Å². The molecule has 136 valence electrons. The van der Waals surface area contributed by atoms with Crippen LogP contribution in [0.5, 0.6) is 11.5 Å². The van der Waals surface area contributed by atoms with Gasteiger partial charge in [0.2, 0.25) is 0 Å². The Morgan fingerprint density at radius 2 is 1.73 bits per heavy atom. The van der Waals surface area contributed by atoms with E-state index in [1.165, 1.54) is 0 Å². The Morgan fingerprint density at radius 1 is 0.962 bits per heavy atom. The molecule has 26 heavy (non-hydrogen) atoms. The van der Waals surface area contributed by atoms with E-state index in [1.807, 2.05) is 29.2 Å². The van der Waals surface area contributed by atoms with Crippen LogP contribution >= 0.6 is 23.2 Å². The maximum Gasteiger partial charge on any atom is 0.254 e. The van der Waals surface area contributed by atoms with Crippen molar-refractivity contribution in [1.29, 1.82) is 0 Å². The molecular weight excluding hydrogens is 375 g/mol. The molecule has 1 saturated heterocycles. The Bertz CT molecular complexity index is 836. The number of carbonyl (C=O) groups is 1. The van der Waals surface area contributed by atoms with Crippen LogP contribution in [0.1, 0.15) is 10.4 Å². The number of piperazine rings is 1. The van der Waals surface area contributed by atoms with Gasteiger partial charge in [0.1, 0.15) is 13.2 Å². The van der Waals surface area contributed by atoms with Gasteiger partial charge in [-0.05, 0) is 30.3 Å². The highest BCUT2D eigenvalue weighted by Crippen LogP contribution is 2.38. The lowest BCUT2D eigenvalue weighted by Gasteiger charge is -2.36. The number of fused-ring (bicyclic) bond motifs is 1. The van der Waals surface area contributed by atoms with Crippen LogP contribution < -0.4 is 14.4 Å². The standard InChI is InChI=1S/C19H18Cl2N2O3/c20-14-2-1-3-15(12-14)22-4-6-23(7-5-22)19(24)13-10-16(21)18-17(11-13)25-8-9-26-18/h1-3,10-12H,4-9H2. The topological polar surface area (TPSA) is 42.0 Å². The van der Waals surface area contributed by atoms with Gasteiger partial charge in [0.25, 0.3) is 5.91 Å². The molecule has 0 bridgehead atoms. The molecule has 4 rings (SSSR count). The first-order chi connectivity index (χ1) is 12.6. The number of halogens is 2. The minimum absolute atomic E-state index is 0.0467. The highest BCUT2D eigenvalue weighted by Gasteiger charge is 2.25. The Balaban J connectivity index is 1.46. The van der Waals surface area contributed by atoms with E-state index >= 15 is 0 Å².